The summed E-state index contributed by atoms with van der Waals surface area (Å²) in [7, 11) is 0. The normalized spacial score (nSPS) is 28.5. The zero-order valence-electron chi connectivity index (χ0n) is 8.66. The highest BCUT2D eigenvalue weighted by molar-refractivity contribution is 6.05. The molecule has 0 radical (unpaired) electrons. The molecule has 2 N–H and O–H groups in total. The van der Waals surface area contributed by atoms with E-state index in [4.69, 9.17) is 5.73 Å². The van der Waals surface area contributed by atoms with Gasteiger partial charge in [-0.2, -0.15) is 4.99 Å². The van der Waals surface area contributed by atoms with E-state index in [1.807, 2.05) is 27.7 Å². The average molecular weight is 183 g/mol. The fourth-order valence-corrected chi connectivity index (χ4v) is 1.75. The van der Waals surface area contributed by atoms with Crippen molar-refractivity contribution in [1.29, 1.82) is 0 Å². The largest absolute Gasteiger partial charge is 0.385 e. The molecule has 13 heavy (non-hydrogen) atoms. The van der Waals surface area contributed by atoms with Crippen LogP contribution in [-0.4, -0.2) is 28.3 Å². The van der Waals surface area contributed by atoms with Crippen molar-refractivity contribution in [3.05, 3.63) is 0 Å². The lowest BCUT2D eigenvalue weighted by Crippen LogP contribution is -2.54. The van der Waals surface area contributed by atoms with Crippen LogP contribution in [0.1, 0.15) is 34.1 Å². The first kappa shape index (κ1) is 10.0. The molecule has 0 aromatic rings. The Bertz CT molecular complexity index is 260. The third-order valence-electron chi connectivity index (χ3n) is 2.71. The first-order chi connectivity index (χ1) is 5.93. The van der Waals surface area contributed by atoms with E-state index in [-0.39, 0.29) is 17.6 Å². The van der Waals surface area contributed by atoms with Crippen molar-refractivity contribution in [3.63, 3.8) is 0 Å². The van der Waals surface area contributed by atoms with E-state index in [0.29, 0.717) is 5.84 Å². The molecule has 0 aromatic heterocycles. The molecule has 1 aliphatic heterocycles. The van der Waals surface area contributed by atoms with Gasteiger partial charge in [0.15, 0.2) is 0 Å². The second kappa shape index (κ2) is 3.01. The average Bonchev–Trinajstić information content (AvgIpc) is 2.24. The smallest absolute Gasteiger partial charge is 0.346 e. The quantitative estimate of drug-likeness (QED) is 0.702. The fourth-order valence-electron chi connectivity index (χ4n) is 1.75. The topological polar surface area (TPSA) is 58.7 Å². The maximum Gasteiger partial charge on any atom is 0.346 e. The zero-order chi connectivity index (χ0) is 10.2. The summed E-state index contributed by atoms with van der Waals surface area (Å²) in [5.74, 6) is 0.439. The third-order valence-corrected chi connectivity index (χ3v) is 2.71. The molecule has 0 aromatic carbocycles. The molecule has 1 aliphatic rings. The van der Waals surface area contributed by atoms with Gasteiger partial charge in [-0.15, -0.1) is 0 Å². The van der Waals surface area contributed by atoms with Crippen LogP contribution in [0.2, 0.25) is 0 Å². The maximum absolute atomic E-state index is 11.5. The van der Waals surface area contributed by atoms with Crippen LogP contribution >= 0.6 is 0 Å². The molecule has 0 bridgehead atoms. The lowest BCUT2D eigenvalue weighted by atomic mass is 9.95. The lowest BCUT2D eigenvalue weighted by Gasteiger charge is -2.36. The van der Waals surface area contributed by atoms with Crippen LogP contribution < -0.4 is 5.73 Å². The summed E-state index contributed by atoms with van der Waals surface area (Å²) in [6.07, 6.45) is 0.798. The van der Waals surface area contributed by atoms with Gasteiger partial charge in [0.05, 0.1) is 5.54 Å². The maximum atomic E-state index is 11.5. The van der Waals surface area contributed by atoms with Crippen molar-refractivity contribution in [1.82, 2.24) is 4.90 Å². The summed E-state index contributed by atoms with van der Waals surface area (Å²) in [5, 5.41) is 0. The fraction of sp³-hybridized carbons (Fsp3) is 0.778. The summed E-state index contributed by atoms with van der Waals surface area (Å²) in [5.41, 5.74) is 5.35. The van der Waals surface area contributed by atoms with Gasteiger partial charge in [-0.25, -0.2) is 4.79 Å². The van der Waals surface area contributed by atoms with E-state index in [1.165, 1.54) is 0 Å². The van der Waals surface area contributed by atoms with Crippen molar-refractivity contribution >= 4 is 11.9 Å². The lowest BCUT2D eigenvalue weighted by molar-refractivity contribution is 0.153. The molecule has 4 nitrogen and oxygen atoms in total. The molecule has 1 unspecified atom stereocenters. The number of amidine groups is 1. The number of amides is 2. The van der Waals surface area contributed by atoms with E-state index in [1.54, 1.807) is 4.90 Å². The molecule has 2 amide bonds. The number of carbonyl (C=O) groups is 1. The van der Waals surface area contributed by atoms with Gasteiger partial charge in [-0.05, 0) is 27.2 Å². The molecule has 1 rings (SSSR count). The number of rotatable bonds is 2. The predicted molar refractivity (Wildman–Crippen MR) is 52.7 cm³/mol. The van der Waals surface area contributed by atoms with Gasteiger partial charge in [0.25, 0.3) is 0 Å². The Morgan fingerprint density at radius 1 is 1.62 bits per heavy atom. The van der Waals surface area contributed by atoms with E-state index in [2.05, 4.69) is 4.99 Å². The second-order valence-electron chi connectivity index (χ2n) is 3.87. The summed E-state index contributed by atoms with van der Waals surface area (Å²) < 4.78 is 0. The van der Waals surface area contributed by atoms with Gasteiger partial charge in [0.1, 0.15) is 5.84 Å². The van der Waals surface area contributed by atoms with Crippen LogP contribution in [0.15, 0.2) is 4.99 Å². The summed E-state index contributed by atoms with van der Waals surface area (Å²) >= 11 is 0. The van der Waals surface area contributed by atoms with Crippen molar-refractivity contribution < 1.29 is 4.79 Å². The van der Waals surface area contributed by atoms with Crippen molar-refractivity contribution in [3.8, 4) is 0 Å². The highest BCUT2D eigenvalue weighted by Crippen LogP contribution is 2.28. The van der Waals surface area contributed by atoms with Crippen LogP contribution in [-0.2, 0) is 0 Å². The van der Waals surface area contributed by atoms with E-state index in [9.17, 15) is 4.79 Å². The molecule has 74 valence electrons. The van der Waals surface area contributed by atoms with Crippen LogP contribution in [0.5, 0.6) is 0 Å². The van der Waals surface area contributed by atoms with E-state index < -0.39 is 0 Å². The molecule has 0 saturated carbocycles. The Morgan fingerprint density at radius 2 is 2.15 bits per heavy atom. The Kier molecular flexibility index (Phi) is 2.32. The standard InChI is InChI=1S/C9H17N3O/c1-5-9(4)7(10)11-8(13)12(9)6(2)3/h6H,5H2,1-4H3,(H2,10,11,13). The second-order valence-corrected chi connectivity index (χ2v) is 3.87. The number of nitrogens with zero attached hydrogens (tertiary/aromatic N) is 2. The number of urea groups is 1. The molecule has 0 spiro atoms. The Morgan fingerprint density at radius 3 is 2.46 bits per heavy atom. The van der Waals surface area contributed by atoms with Gasteiger partial charge < -0.3 is 10.6 Å². The SMILES string of the molecule is CCC1(C)C(N)=NC(=O)N1C(C)C. The Balaban J connectivity index is 3.05. The van der Waals surface area contributed by atoms with Crippen molar-refractivity contribution in [2.75, 3.05) is 0 Å². The third kappa shape index (κ3) is 1.30. The van der Waals surface area contributed by atoms with E-state index in [0.717, 1.165) is 6.42 Å². The number of carbonyl (C=O) groups excluding carboxylic acids is 1. The highest BCUT2D eigenvalue weighted by atomic mass is 16.2. The Labute approximate surface area is 78.8 Å². The van der Waals surface area contributed by atoms with Gasteiger partial charge in [0.2, 0.25) is 0 Å². The van der Waals surface area contributed by atoms with Crippen LogP contribution in [0, 0.1) is 0 Å². The minimum Gasteiger partial charge on any atom is -0.385 e. The summed E-state index contributed by atoms with van der Waals surface area (Å²) in [4.78, 5) is 17.0. The highest BCUT2D eigenvalue weighted by Gasteiger charge is 2.44. The van der Waals surface area contributed by atoms with Crippen molar-refractivity contribution in [2.45, 2.75) is 45.7 Å². The van der Waals surface area contributed by atoms with E-state index >= 15 is 0 Å². The van der Waals surface area contributed by atoms with Gasteiger partial charge in [-0.3, -0.25) is 0 Å². The summed E-state index contributed by atoms with van der Waals surface area (Å²) in [6, 6.07) is -0.0703. The first-order valence-corrected chi connectivity index (χ1v) is 4.61. The molecular formula is C9H17N3O. The molecule has 1 heterocycles. The van der Waals surface area contributed by atoms with Crippen LogP contribution in [0.3, 0.4) is 0 Å². The number of hydrogen-bond acceptors (Lipinski definition) is 2. The van der Waals surface area contributed by atoms with Gasteiger partial charge in [0, 0.05) is 6.04 Å². The molecule has 0 aliphatic carbocycles. The number of aliphatic imine (C=N–C) groups is 1. The summed E-state index contributed by atoms with van der Waals surface area (Å²) in [6.45, 7) is 7.91. The monoisotopic (exact) mass is 183 g/mol. The zero-order valence-corrected chi connectivity index (χ0v) is 8.66. The van der Waals surface area contributed by atoms with Gasteiger partial charge >= 0.3 is 6.03 Å². The number of hydrogen-bond donors (Lipinski definition) is 1. The molecule has 1 atom stereocenters. The number of nitrogens with two attached hydrogens (primary N) is 1. The predicted octanol–water partition coefficient (Wildman–Crippen LogP) is 1.36. The molecule has 0 saturated heterocycles. The van der Waals surface area contributed by atoms with Crippen molar-refractivity contribution in [2.24, 2.45) is 10.7 Å². The minimum atomic E-state index is -0.384. The molecule has 4 heteroatoms. The van der Waals surface area contributed by atoms with Crippen LogP contribution in [0.25, 0.3) is 0 Å². The molecular weight excluding hydrogens is 166 g/mol. The minimum absolute atomic E-state index is 0.141. The van der Waals surface area contributed by atoms with Crippen LogP contribution in [0.4, 0.5) is 4.79 Å². The first-order valence-electron chi connectivity index (χ1n) is 4.61. The van der Waals surface area contributed by atoms with Gasteiger partial charge in [-0.1, -0.05) is 6.92 Å². The Hall–Kier alpha value is -1.06. The molecule has 0 fully saturated rings.